The molecular formula is C56H92O6. The zero-order valence-electron chi connectivity index (χ0n) is 40.1. The Labute approximate surface area is 381 Å². The Morgan fingerprint density at radius 3 is 1.05 bits per heavy atom. The average molecular weight is 861 g/mol. The Bertz CT molecular complexity index is 1260. The molecule has 0 N–H and O–H groups in total. The van der Waals surface area contributed by atoms with E-state index in [1.54, 1.807) is 0 Å². The molecular weight excluding hydrogens is 769 g/mol. The first kappa shape index (κ1) is 58.3. The quantitative estimate of drug-likeness (QED) is 0.0200. The maximum atomic E-state index is 12.8. The molecule has 0 fully saturated rings. The van der Waals surface area contributed by atoms with Crippen molar-refractivity contribution < 1.29 is 28.6 Å². The first-order chi connectivity index (χ1) is 30.5. The molecule has 0 aliphatic carbocycles. The average Bonchev–Trinajstić information content (AvgIpc) is 3.27. The van der Waals surface area contributed by atoms with Crippen LogP contribution in [0, 0.1) is 0 Å². The van der Waals surface area contributed by atoms with E-state index in [9.17, 15) is 14.4 Å². The van der Waals surface area contributed by atoms with Crippen LogP contribution >= 0.6 is 0 Å². The molecule has 62 heavy (non-hydrogen) atoms. The van der Waals surface area contributed by atoms with Crippen LogP contribution in [0.4, 0.5) is 0 Å². The number of carbonyl (C=O) groups is 3. The van der Waals surface area contributed by atoms with Gasteiger partial charge in [0.05, 0.1) is 0 Å². The molecule has 1 unspecified atom stereocenters. The highest BCUT2D eigenvalue weighted by Gasteiger charge is 2.19. The number of hydrogen-bond acceptors (Lipinski definition) is 6. The molecule has 0 aromatic heterocycles. The van der Waals surface area contributed by atoms with Crippen LogP contribution in [0.5, 0.6) is 0 Å². The van der Waals surface area contributed by atoms with Gasteiger partial charge in [-0.3, -0.25) is 14.4 Å². The summed E-state index contributed by atoms with van der Waals surface area (Å²) in [5.41, 5.74) is 0. The number of carbonyl (C=O) groups excluding carboxylic acids is 3. The Hall–Kier alpha value is -3.67. The van der Waals surface area contributed by atoms with E-state index in [0.29, 0.717) is 19.3 Å². The molecule has 1 atom stereocenters. The third-order valence-corrected chi connectivity index (χ3v) is 10.5. The lowest BCUT2D eigenvalue weighted by atomic mass is 10.1. The molecule has 0 aromatic carbocycles. The summed E-state index contributed by atoms with van der Waals surface area (Å²) in [4.78, 5) is 37.9. The van der Waals surface area contributed by atoms with Gasteiger partial charge < -0.3 is 14.2 Å². The van der Waals surface area contributed by atoms with Crippen LogP contribution in [-0.2, 0) is 28.6 Å². The summed E-state index contributed by atoms with van der Waals surface area (Å²) >= 11 is 0. The summed E-state index contributed by atoms with van der Waals surface area (Å²) in [5.74, 6) is -0.965. The number of allylic oxidation sites excluding steroid dienone is 16. The topological polar surface area (TPSA) is 78.9 Å². The second-order valence-electron chi connectivity index (χ2n) is 16.5. The van der Waals surface area contributed by atoms with Crippen LogP contribution in [0.15, 0.2) is 97.2 Å². The van der Waals surface area contributed by atoms with Gasteiger partial charge in [-0.2, -0.15) is 0 Å². The molecule has 0 rings (SSSR count). The summed E-state index contributed by atoms with van der Waals surface area (Å²) < 4.78 is 16.7. The summed E-state index contributed by atoms with van der Waals surface area (Å²) in [6.45, 7) is 6.30. The zero-order valence-corrected chi connectivity index (χ0v) is 40.1. The first-order valence-corrected chi connectivity index (χ1v) is 25.3. The van der Waals surface area contributed by atoms with Gasteiger partial charge in [-0.25, -0.2) is 0 Å². The van der Waals surface area contributed by atoms with Gasteiger partial charge in [-0.05, 0) is 83.5 Å². The molecule has 0 aliphatic rings. The Morgan fingerprint density at radius 2 is 0.645 bits per heavy atom. The fourth-order valence-electron chi connectivity index (χ4n) is 6.68. The fraction of sp³-hybridized carbons (Fsp3) is 0.661. The minimum Gasteiger partial charge on any atom is -0.462 e. The highest BCUT2D eigenvalue weighted by atomic mass is 16.6. The fourth-order valence-corrected chi connectivity index (χ4v) is 6.68. The van der Waals surface area contributed by atoms with Crippen molar-refractivity contribution in [1.29, 1.82) is 0 Å². The Kier molecular flexibility index (Phi) is 47.0. The highest BCUT2D eigenvalue weighted by Crippen LogP contribution is 2.14. The smallest absolute Gasteiger partial charge is 0.306 e. The largest absolute Gasteiger partial charge is 0.462 e. The van der Waals surface area contributed by atoms with Crippen molar-refractivity contribution in [2.45, 2.75) is 226 Å². The van der Waals surface area contributed by atoms with Gasteiger partial charge in [0.1, 0.15) is 13.2 Å². The van der Waals surface area contributed by atoms with E-state index in [1.807, 2.05) is 36.5 Å². The minimum atomic E-state index is -0.803. The maximum absolute atomic E-state index is 12.8. The highest BCUT2D eigenvalue weighted by molar-refractivity contribution is 5.71. The molecule has 0 heterocycles. The molecule has 0 saturated heterocycles. The van der Waals surface area contributed by atoms with Gasteiger partial charge in [0, 0.05) is 19.3 Å². The predicted molar refractivity (Wildman–Crippen MR) is 265 cm³/mol. The molecule has 6 nitrogen and oxygen atoms in total. The third-order valence-electron chi connectivity index (χ3n) is 10.5. The van der Waals surface area contributed by atoms with Gasteiger partial charge in [-0.1, -0.05) is 214 Å². The lowest BCUT2D eigenvalue weighted by molar-refractivity contribution is -0.167. The summed E-state index contributed by atoms with van der Waals surface area (Å²) in [6, 6.07) is 0. The molecule has 0 radical (unpaired) electrons. The third kappa shape index (κ3) is 47.4. The molecule has 0 aliphatic heterocycles. The van der Waals surface area contributed by atoms with E-state index in [2.05, 4.69) is 81.5 Å². The second kappa shape index (κ2) is 50.0. The van der Waals surface area contributed by atoms with Crippen molar-refractivity contribution in [2.24, 2.45) is 0 Å². The van der Waals surface area contributed by atoms with Crippen LogP contribution in [0.1, 0.15) is 220 Å². The van der Waals surface area contributed by atoms with E-state index < -0.39 is 6.10 Å². The van der Waals surface area contributed by atoms with Gasteiger partial charge in [0.15, 0.2) is 6.10 Å². The van der Waals surface area contributed by atoms with E-state index in [4.69, 9.17) is 14.2 Å². The molecule has 0 bridgehead atoms. The summed E-state index contributed by atoms with van der Waals surface area (Å²) in [5, 5.41) is 0. The maximum Gasteiger partial charge on any atom is 0.306 e. The van der Waals surface area contributed by atoms with Crippen LogP contribution < -0.4 is 0 Å². The van der Waals surface area contributed by atoms with Crippen molar-refractivity contribution in [3.05, 3.63) is 97.2 Å². The van der Waals surface area contributed by atoms with Gasteiger partial charge in [-0.15, -0.1) is 0 Å². The van der Waals surface area contributed by atoms with Gasteiger partial charge in [0.2, 0.25) is 0 Å². The standard InChI is InChI=1S/C56H92O6/c1-4-7-10-13-16-19-22-25-27-29-31-34-37-40-43-46-49-55(58)61-52-53(51-60-54(57)48-45-42-39-36-33-30-24-21-18-15-12-9-6-3)62-56(59)50-47-44-41-38-35-32-28-26-23-20-17-14-11-8-5-2/h8-9,11-12,14-15,17-18,20-21,23-24,27,29-30,33,53H,4-7,10,13,16,19,22,25-26,28,31-32,34-52H2,1-3H3/b11-8-,12-9-,17-14-,18-15-,23-20-,24-21-,29-27-,33-30-. The van der Waals surface area contributed by atoms with E-state index >= 15 is 0 Å². The predicted octanol–water partition coefficient (Wildman–Crippen LogP) is 16.6. The SMILES string of the molecule is CC\C=C/C=C\C=C/C=C\CCCCCC(=O)OCC(COC(=O)CCCCCCC/C=C\CCCCCCCCC)OC(=O)CCCCCCCCC\C=C/C=C\C=C/CC. The van der Waals surface area contributed by atoms with Gasteiger partial charge in [0.25, 0.3) is 0 Å². The number of ether oxygens (including phenoxy) is 3. The van der Waals surface area contributed by atoms with Crippen molar-refractivity contribution in [2.75, 3.05) is 13.2 Å². The van der Waals surface area contributed by atoms with Crippen molar-refractivity contribution >= 4 is 17.9 Å². The number of rotatable bonds is 44. The Morgan fingerprint density at radius 1 is 0.339 bits per heavy atom. The second-order valence-corrected chi connectivity index (χ2v) is 16.5. The minimum absolute atomic E-state index is 0.101. The molecule has 0 aromatic rings. The Balaban J connectivity index is 4.47. The van der Waals surface area contributed by atoms with Gasteiger partial charge >= 0.3 is 17.9 Å². The molecule has 352 valence electrons. The van der Waals surface area contributed by atoms with Crippen LogP contribution in [0.2, 0.25) is 0 Å². The van der Waals surface area contributed by atoms with Crippen molar-refractivity contribution in [3.8, 4) is 0 Å². The van der Waals surface area contributed by atoms with Crippen molar-refractivity contribution in [3.63, 3.8) is 0 Å². The number of unbranched alkanes of at least 4 members (excludes halogenated alkanes) is 22. The number of hydrogen-bond donors (Lipinski definition) is 0. The molecule has 6 heteroatoms. The van der Waals surface area contributed by atoms with Crippen LogP contribution in [-0.4, -0.2) is 37.2 Å². The molecule has 0 spiro atoms. The normalized spacial score (nSPS) is 12.9. The first-order valence-electron chi connectivity index (χ1n) is 25.3. The molecule has 0 amide bonds. The monoisotopic (exact) mass is 861 g/mol. The summed E-state index contributed by atoms with van der Waals surface area (Å²) in [7, 11) is 0. The lowest BCUT2D eigenvalue weighted by Gasteiger charge is -2.18. The van der Waals surface area contributed by atoms with Crippen LogP contribution in [0.3, 0.4) is 0 Å². The molecule has 0 saturated carbocycles. The van der Waals surface area contributed by atoms with E-state index in [0.717, 1.165) is 103 Å². The van der Waals surface area contributed by atoms with E-state index in [-0.39, 0.29) is 31.1 Å². The summed E-state index contributed by atoms with van der Waals surface area (Å²) in [6.07, 6.45) is 65.3. The van der Waals surface area contributed by atoms with Crippen molar-refractivity contribution in [1.82, 2.24) is 0 Å². The lowest BCUT2D eigenvalue weighted by Crippen LogP contribution is -2.30. The number of esters is 3. The zero-order chi connectivity index (χ0) is 45.1. The van der Waals surface area contributed by atoms with Crippen LogP contribution in [0.25, 0.3) is 0 Å². The van der Waals surface area contributed by atoms with E-state index in [1.165, 1.54) is 77.0 Å².